The molecule has 1 atom stereocenters. The van der Waals surface area contributed by atoms with E-state index in [1.807, 2.05) is 42.8 Å². The first kappa shape index (κ1) is 18.4. The maximum Gasteiger partial charge on any atom is 0.276 e. The molecule has 1 aliphatic carbocycles. The molecule has 0 radical (unpaired) electrons. The lowest BCUT2D eigenvalue weighted by Crippen LogP contribution is -2.43. The van der Waals surface area contributed by atoms with Crippen LogP contribution in [0, 0.1) is 25.2 Å². The third-order valence-corrected chi connectivity index (χ3v) is 6.89. The lowest BCUT2D eigenvalue weighted by Gasteiger charge is -2.30. The van der Waals surface area contributed by atoms with Crippen molar-refractivity contribution in [3.8, 4) is 11.7 Å². The number of hydrogen-bond donors (Lipinski definition) is 1. The molecule has 0 bridgehead atoms. The van der Waals surface area contributed by atoms with Crippen molar-refractivity contribution in [3.05, 3.63) is 35.7 Å². The van der Waals surface area contributed by atoms with Gasteiger partial charge in [0.1, 0.15) is 0 Å². The Hall–Kier alpha value is -1.97. The van der Waals surface area contributed by atoms with Crippen molar-refractivity contribution in [1.29, 1.82) is 0 Å². The third-order valence-electron chi connectivity index (χ3n) is 5.80. The lowest BCUT2D eigenvalue weighted by molar-refractivity contribution is 0.205. The highest BCUT2D eigenvalue weighted by Gasteiger charge is 2.55. The second-order valence-corrected chi connectivity index (χ2v) is 9.24. The van der Waals surface area contributed by atoms with Crippen LogP contribution in [0.3, 0.4) is 0 Å². The van der Waals surface area contributed by atoms with E-state index < -0.39 is 10.2 Å². The highest BCUT2D eigenvalue weighted by Crippen LogP contribution is 2.59. The van der Waals surface area contributed by atoms with Gasteiger partial charge in [0.15, 0.2) is 5.82 Å². The van der Waals surface area contributed by atoms with Gasteiger partial charge in [0.25, 0.3) is 10.2 Å². The molecule has 27 heavy (non-hydrogen) atoms. The topological polar surface area (TPSA) is 103 Å². The standard InChI is InChI=1S/C18H25N5O3S/c1-13-10-14(2)23(21-13)16-4-3-5-17(20-16)26-12-15-11-18(15)6-8-22(9-7-18)27(19,24)25/h3-5,10,15H,6-9,11-12H2,1-2H3,(H2,19,24,25)/t15-/m0/s1. The van der Waals surface area contributed by atoms with Crippen LogP contribution in [-0.2, 0) is 10.2 Å². The number of nitrogens with zero attached hydrogens (tertiary/aromatic N) is 4. The Morgan fingerprint density at radius 1 is 1.30 bits per heavy atom. The molecular weight excluding hydrogens is 366 g/mol. The van der Waals surface area contributed by atoms with Crippen molar-refractivity contribution < 1.29 is 13.2 Å². The van der Waals surface area contributed by atoms with Crippen LogP contribution >= 0.6 is 0 Å². The minimum atomic E-state index is -3.57. The molecule has 146 valence electrons. The maximum absolute atomic E-state index is 11.4. The van der Waals surface area contributed by atoms with Crippen molar-refractivity contribution in [2.45, 2.75) is 33.1 Å². The fourth-order valence-corrected chi connectivity index (χ4v) is 4.81. The van der Waals surface area contributed by atoms with E-state index in [0.717, 1.165) is 36.5 Å². The molecule has 2 aromatic heterocycles. The summed E-state index contributed by atoms with van der Waals surface area (Å²) in [5, 5.41) is 9.68. The molecular formula is C18H25N5O3S. The Balaban J connectivity index is 1.36. The van der Waals surface area contributed by atoms with E-state index in [2.05, 4.69) is 10.1 Å². The van der Waals surface area contributed by atoms with E-state index >= 15 is 0 Å². The number of nitrogens with two attached hydrogens (primary N) is 1. The van der Waals surface area contributed by atoms with E-state index in [9.17, 15) is 8.42 Å². The fourth-order valence-electron chi connectivity index (χ4n) is 4.11. The second-order valence-electron chi connectivity index (χ2n) is 7.69. The average Bonchev–Trinajstić information content (AvgIpc) is 3.16. The normalized spacial score (nSPS) is 22.1. The Kier molecular flexibility index (Phi) is 4.48. The molecule has 3 heterocycles. The number of piperidine rings is 1. The lowest BCUT2D eigenvalue weighted by atomic mass is 9.92. The molecule has 2 fully saturated rings. The number of rotatable bonds is 5. The molecule has 4 rings (SSSR count). The van der Waals surface area contributed by atoms with E-state index in [1.54, 1.807) is 0 Å². The van der Waals surface area contributed by atoms with Gasteiger partial charge >= 0.3 is 0 Å². The highest BCUT2D eigenvalue weighted by atomic mass is 32.2. The molecule has 2 aliphatic rings. The quantitative estimate of drug-likeness (QED) is 0.833. The number of pyridine rings is 1. The number of ether oxygens (including phenoxy) is 1. The zero-order valence-corrected chi connectivity index (χ0v) is 16.4. The van der Waals surface area contributed by atoms with Crippen molar-refractivity contribution in [2.75, 3.05) is 19.7 Å². The Morgan fingerprint density at radius 2 is 2.04 bits per heavy atom. The van der Waals surface area contributed by atoms with Crippen LogP contribution in [0.2, 0.25) is 0 Å². The average molecular weight is 391 g/mol. The molecule has 1 aliphatic heterocycles. The Labute approximate surface area is 159 Å². The van der Waals surface area contributed by atoms with E-state index in [1.165, 1.54) is 4.31 Å². The summed E-state index contributed by atoms with van der Waals surface area (Å²) >= 11 is 0. The zero-order chi connectivity index (χ0) is 19.2. The van der Waals surface area contributed by atoms with Gasteiger partial charge in [-0.05, 0) is 56.6 Å². The van der Waals surface area contributed by atoms with Gasteiger partial charge in [0.05, 0.1) is 12.3 Å². The first-order chi connectivity index (χ1) is 12.8. The summed E-state index contributed by atoms with van der Waals surface area (Å²) in [6, 6.07) is 7.69. The Bertz CT molecular complexity index is 948. The van der Waals surface area contributed by atoms with Crippen LogP contribution in [0.5, 0.6) is 5.88 Å². The predicted octanol–water partition coefficient (Wildman–Crippen LogP) is 1.57. The van der Waals surface area contributed by atoms with Gasteiger partial charge in [0, 0.05) is 24.8 Å². The minimum absolute atomic E-state index is 0.203. The van der Waals surface area contributed by atoms with Gasteiger partial charge in [-0.2, -0.15) is 22.8 Å². The largest absolute Gasteiger partial charge is 0.477 e. The van der Waals surface area contributed by atoms with E-state index in [0.29, 0.717) is 31.5 Å². The monoisotopic (exact) mass is 391 g/mol. The SMILES string of the molecule is Cc1cc(C)n(-c2cccc(OC[C@@H]3CC34CCN(S(N)(=O)=O)CC4)n2)n1. The molecule has 1 spiro atoms. The molecule has 9 heteroatoms. The highest BCUT2D eigenvalue weighted by molar-refractivity contribution is 7.86. The van der Waals surface area contributed by atoms with Crippen LogP contribution in [-0.4, -0.2) is 47.2 Å². The zero-order valence-electron chi connectivity index (χ0n) is 15.6. The van der Waals surface area contributed by atoms with Crippen LogP contribution in [0.4, 0.5) is 0 Å². The first-order valence-electron chi connectivity index (χ1n) is 9.18. The van der Waals surface area contributed by atoms with Gasteiger partial charge in [-0.25, -0.2) is 9.82 Å². The smallest absolute Gasteiger partial charge is 0.276 e. The summed E-state index contributed by atoms with van der Waals surface area (Å²) < 4.78 is 32.0. The summed E-state index contributed by atoms with van der Waals surface area (Å²) in [4.78, 5) is 4.57. The molecule has 1 saturated heterocycles. The van der Waals surface area contributed by atoms with E-state index in [-0.39, 0.29) is 5.41 Å². The summed E-state index contributed by atoms with van der Waals surface area (Å²) in [5.41, 5.74) is 2.18. The summed E-state index contributed by atoms with van der Waals surface area (Å²) in [6.45, 7) is 5.56. The van der Waals surface area contributed by atoms with Gasteiger partial charge in [-0.15, -0.1) is 0 Å². The van der Waals surface area contributed by atoms with Crippen molar-refractivity contribution in [1.82, 2.24) is 19.1 Å². The van der Waals surface area contributed by atoms with Gasteiger partial charge < -0.3 is 4.74 Å². The van der Waals surface area contributed by atoms with Crippen LogP contribution in [0.1, 0.15) is 30.7 Å². The number of aromatic nitrogens is 3. The minimum Gasteiger partial charge on any atom is -0.477 e. The summed E-state index contributed by atoms with van der Waals surface area (Å²) in [6.07, 6.45) is 2.76. The fraction of sp³-hybridized carbons (Fsp3) is 0.556. The Morgan fingerprint density at radius 3 is 2.67 bits per heavy atom. The molecule has 0 unspecified atom stereocenters. The van der Waals surface area contributed by atoms with Crippen molar-refractivity contribution in [3.63, 3.8) is 0 Å². The number of hydrogen-bond acceptors (Lipinski definition) is 5. The van der Waals surface area contributed by atoms with E-state index in [4.69, 9.17) is 9.88 Å². The first-order valence-corrected chi connectivity index (χ1v) is 10.7. The summed E-state index contributed by atoms with van der Waals surface area (Å²) in [7, 11) is -3.57. The van der Waals surface area contributed by atoms with Crippen LogP contribution in [0.25, 0.3) is 5.82 Å². The van der Waals surface area contributed by atoms with Crippen LogP contribution < -0.4 is 9.88 Å². The molecule has 0 amide bonds. The maximum atomic E-state index is 11.4. The van der Waals surface area contributed by atoms with Gasteiger partial charge in [-0.3, -0.25) is 0 Å². The van der Waals surface area contributed by atoms with Crippen LogP contribution in [0.15, 0.2) is 24.3 Å². The predicted molar refractivity (Wildman–Crippen MR) is 101 cm³/mol. The molecule has 1 saturated carbocycles. The molecule has 2 N–H and O–H groups in total. The number of aryl methyl sites for hydroxylation is 2. The third kappa shape index (κ3) is 3.71. The molecule has 0 aromatic carbocycles. The molecule has 8 nitrogen and oxygen atoms in total. The van der Waals surface area contributed by atoms with Gasteiger partial charge in [-0.1, -0.05) is 6.07 Å². The summed E-state index contributed by atoms with van der Waals surface area (Å²) in [5.74, 6) is 1.77. The van der Waals surface area contributed by atoms with Crippen molar-refractivity contribution >= 4 is 10.2 Å². The second kappa shape index (κ2) is 6.57. The van der Waals surface area contributed by atoms with Gasteiger partial charge in [0.2, 0.25) is 5.88 Å². The van der Waals surface area contributed by atoms with Crippen molar-refractivity contribution in [2.24, 2.45) is 16.5 Å². The molecule has 2 aromatic rings.